The summed E-state index contributed by atoms with van der Waals surface area (Å²) >= 11 is 13.1. The van der Waals surface area contributed by atoms with Crippen LogP contribution in [0.25, 0.3) is 16.5 Å². The molecule has 0 bridgehead atoms. The second-order valence-corrected chi connectivity index (χ2v) is 10.4. The van der Waals surface area contributed by atoms with Crippen LogP contribution in [-0.4, -0.2) is 43.7 Å². The molecular formula is C30H26Cl2F3N5O5. The fraction of sp³-hybridized carbons (Fsp3) is 0.267. The van der Waals surface area contributed by atoms with Crippen molar-refractivity contribution < 1.29 is 32.1 Å². The Kier molecular flexibility index (Phi) is 9.51. The number of fused-ring (bicyclic) bond motifs is 1. The Labute approximate surface area is 264 Å². The molecule has 15 heteroatoms. The van der Waals surface area contributed by atoms with Crippen LogP contribution in [-0.2, 0) is 24.5 Å². The van der Waals surface area contributed by atoms with Gasteiger partial charge in [-0.1, -0.05) is 53.5 Å². The SMILES string of the molecule is CCn1c(COCc2ccccc2)nn(-c2cc(O[C@@H](C)C(F)(F)F)c3c(Oc4cc(OC)ncc4Cl)nccc3c2Cl)c1=O. The average Bonchev–Trinajstić information content (AvgIpc) is 3.34. The number of aromatic nitrogens is 5. The van der Waals surface area contributed by atoms with Crippen LogP contribution in [0.5, 0.6) is 23.3 Å². The number of benzene rings is 2. The van der Waals surface area contributed by atoms with Gasteiger partial charge >= 0.3 is 11.9 Å². The molecule has 0 radical (unpaired) electrons. The molecule has 0 spiro atoms. The van der Waals surface area contributed by atoms with E-state index in [0.717, 1.165) is 17.2 Å². The van der Waals surface area contributed by atoms with E-state index in [1.165, 1.54) is 42.3 Å². The fourth-order valence-electron chi connectivity index (χ4n) is 4.39. The van der Waals surface area contributed by atoms with Crippen LogP contribution in [0.1, 0.15) is 25.2 Å². The zero-order chi connectivity index (χ0) is 32.3. The van der Waals surface area contributed by atoms with Gasteiger partial charge in [0.2, 0.25) is 11.8 Å². The lowest BCUT2D eigenvalue weighted by Gasteiger charge is -2.21. The van der Waals surface area contributed by atoms with E-state index in [1.807, 2.05) is 30.3 Å². The van der Waals surface area contributed by atoms with Crippen LogP contribution < -0.4 is 19.9 Å². The Balaban J connectivity index is 1.62. The zero-order valence-corrected chi connectivity index (χ0v) is 25.7. The third kappa shape index (κ3) is 6.85. The van der Waals surface area contributed by atoms with Crippen molar-refractivity contribution in [3.8, 4) is 28.9 Å². The molecule has 3 heterocycles. The summed E-state index contributed by atoms with van der Waals surface area (Å²) in [5.41, 5.74) is 0.336. The highest BCUT2D eigenvalue weighted by atomic mass is 35.5. The second kappa shape index (κ2) is 13.3. The highest BCUT2D eigenvalue weighted by molar-refractivity contribution is 6.38. The number of pyridine rings is 2. The Hall–Kier alpha value is -4.33. The van der Waals surface area contributed by atoms with Crippen LogP contribution in [0, 0.1) is 0 Å². The van der Waals surface area contributed by atoms with Gasteiger partial charge in [-0.2, -0.15) is 17.9 Å². The Morgan fingerprint density at radius 3 is 2.47 bits per heavy atom. The van der Waals surface area contributed by atoms with E-state index in [0.29, 0.717) is 5.82 Å². The van der Waals surface area contributed by atoms with Gasteiger partial charge < -0.3 is 18.9 Å². The third-order valence-corrected chi connectivity index (χ3v) is 7.37. The van der Waals surface area contributed by atoms with Crippen molar-refractivity contribution in [3.05, 3.63) is 92.8 Å². The monoisotopic (exact) mass is 663 g/mol. The molecule has 45 heavy (non-hydrogen) atoms. The number of hydrogen-bond donors (Lipinski definition) is 0. The molecule has 1 atom stereocenters. The van der Waals surface area contributed by atoms with Crippen molar-refractivity contribution in [3.63, 3.8) is 0 Å². The molecule has 236 valence electrons. The molecule has 2 aromatic carbocycles. The Morgan fingerprint density at radius 2 is 1.78 bits per heavy atom. The standard InChI is InChI=1S/C30H26Cl2F3N5O5/c1-4-39-24(16-43-15-18-8-6-5-7-9-18)38-40(29(39)41)21-12-23(44-17(2)30(33,34)35)26-19(27(21)32)10-11-36-28(26)45-22-13-25(42-3)37-14-20(22)31/h5-14,17H,4,15-16H2,1-3H3/t17-/m0/s1. The van der Waals surface area contributed by atoms with Crippen molar-refractivity contribution >= 4 is 34.0 Å². The first-order chi connectivity index (χ1) is 21.5. The van der Waals surface area contributed by atoms with E-state index in [-0.39, 0.29) is 69.5 Å². The third-order valence-electron chi connectivity index (χ3n) is 6.69. The quantitative estimate of drug-likeness (QED) is 0.147. The molecule has 0 saturated heterocycles. The lowest BCUT2D eigenvalue weighted by Crippen LogP contribution is -2.31. The van der Waals surface area contributed by atoms with Gasteiger partial charge in [0.05, 0.1) is 36.0 Å². The van der Waals surface area contributed by atoms with Gasteiger partial charge in [0.1, 0.15) is 17.4 Å². The molecule has 0 aliphatic rings. The molecule has 3 aromatic heterocycles. The average molecular weight is 664 g/mol. The summed E-state index contributed by atoms with van der Waals surface area (Å²) in [6.45, 7) is 3.12. The smallest absolute Gasteiger partial charge is 0.425 e. The molecular weight excluding hydrogens is 638 g/mol. The van der Waals surface area contributed by atoms with E-state index in [1.54, 1.807) is 6.92 Å². The maximum absolute atomic E-state index is 13.7. The van der Waals surface area contributed by atoms with E-state index in [2.05, 4.69) is 15.1 Å². The number of halogens is 5. The van der Waals surface area contributed by atoms with Gasteiger partial charge in [0, 0.05) is 30.3 Å². The van der Waals surface area contributed by atoms with Crippen molar-refractivity contribution in [1.29, 1.82) is 0 Å². The first-order valence-corrected chi connectivity index (χ1v) is 14.3. The fourth-order valence-corrected chi connectivity index (χ4v) is 4.83. The Morgan fingerprint density at radius 1 is 1.02 bits per heavy atom. The topological polar surface area (TPSA) is 103 Å². The highest BCUT2D eigenvalue weighted by Gasteiger charge is 2.39. The number of methoxy groups -OCH3 is 1. The van der Waals surface area contributed by atoms with Crippen LogP contribution in [0.2, 0.25) is 10.0 Å². The van der Waals surface area contributed by atoms with Gasteiger partial charge in [-0.05, 0) is 25.5 Å². The van der Waals surface area contributed by atoms with Gasteiger partial charge in [-0.3, -0.25) is 4.57 Å². The van der Waals surface area contributed by atoms with Crippen molar-refractivity contribution in [2.45, 2.75) is 45.9 Å². The molecule has 0 aliphatic heterocycles. The lowest BCUT2D eigenvalue weighted by atomic mass is 10.1. The van der Waals surface area contributed by atoms with Gasteiger partial charge in [-0.15, -0.1) is 5.10 Å². The predicted molar refractivity (Wildman–Crippen MR) is 161 cm³/mol. The van der Waals surface area contributed by atoms with E-state index in [4.69, 9.17) is 42.1 Å². The predicted octanol–water partition coefficient (Wildman–Crippen LogP) is 7.15. The first kappa shape index (κ1) is 32.1. The summed E-state index contributed by atoms with van der Waals surface area (Å²) in [6.07, 6.45) is -4.35. The molecule has 0 saturated carbocycles. The molecule has 0 fully saturated rings. The van der Waals surface area contributed by atoms with Gasteiger partial charge in [-0.25, -0.2) is 14.8 Å². The van der Waals surface area contributed by atoms with Crippen LogP contribution in [0.3, 0.4) is 0 Å². The van der Waals surface area contributed by atoms with Crippen molar-refractivity contribution in [2.24, 2.45) is 0 Å². The largest absolute Gasteiger partial charge is 0.481 e. The van der Waals surface area contributed by atoms with Gasteiger partial charge in [0.25, 0.3) is 0 Å². The van der Waals surface area contributed by atoms with E-state index >= 15 is 0 Å². The molecule has 0 amide bonds. The molecule has 0 N–H and O–H groups in total. The molecule has 0 aliphatic carbocycles. The molecule has 0 unspecified atom stereocenters. The van der Waals surface area contributed by atoms with Gasteiger partial charge in [0.15, 0.2) is 17.7 Å². The molecule has 5 aromatic rings. The first-order valence-electron chi connectivity index (χ1n) is 13.5. The maximum atomic E-state index is 13.7. The summed E-state index contributed by atoms with van der Waals surface area (Å²) in [5.74, 6) is 0.0557. The minimum Gasteiger partial charge on any atom is -0.481 e. The van der Waals surface area contributed by atoms with E-state index < -0.39 is 18.0 Å². The zero-order valence-electron chi connectivity index (χ0n) is 24.1. The Bertz CT molecular complexity index is 1880. The van der Waals surface area contributed by atoms with E-state index in [9.17, 15) is 18.0 Å². The minimum absolute atomic E-state index is 0.00332. The summed E-state index contributed by atoms with van der Waals surface area (Å²) in [5, 5.41) is 4.69. The summed E-state index contributed by atoms with van der Waals surface area (Å²) in [7, 11) is 1.39. The van der Waals surface area contributed by atoms with Crippen molar-refractivity contribution in [2.75, 3.05) is 7.11 Å². The van der Waals surface area contributed by atoms with Crippen LogP contribution >= 0.6 is 23.2 Å². The van der Waals surface area contributed by atoms with Crippen molar-refractivity contribution in [1.82, 2.24) is 24.3 Å². The minimum atomic E-state index is -4.72. The maximum Gasteiger partial charge on any atom is 0.425 e. The van der Waals surface area contributed by atoms with Crippen LogP contribution in [0.15, 0.2) is 65.7 Å². The summed E-state index contributed by atoms with van der Waals surface area (Å²) in [6, 6.07) is 13.5. The molecule has 10 nitrogen and oxygen atoms in total. The lowest BCUT2D eigenvalue weighted by molar-refractivity contribution is -0.189. The number of ether oxygens (including phenoxy) is 4. The number of nitrogens with zero attached hydrogens (tertiary/aromatic N) is 5. The highest BCUT2D eigenvalue weighted by Crippen LogP contribution is 2.43. The van der Waals surface area contributed by atoms with Crippen LogP contribution in [0.4, 0.5) is 13.2 Å². The summed E-state index contributed by atoms with van der Waals surface area (Å²) < 4.78 is 65.8. The molecule has 5 rings (SSSR count). The number of hydrogen-bond acceptors (Lipinski definition) is 8. The second-order valence-electron chi connectivity index (χ2n) is 9.64. The number of rotatable bonds is 11. The normalized spacial score (nSPS) is 12.4. The summed E-state index contributed by atoms with van der Waals surface area (Å²) in [4.78, 5) is 21.7. The number of alkyl halides is 3.